The van der Waals surface area contributed by atoms with Gasteiger partial charge in [-0.3, -0.25) is 0 Å². The molecule has 0 aliphatic heterocycles. The molecule has 4 aromatic carbocycles. The average molecular weight is 408 g/mol. The largest absolute Gasteiger partial charge is 0.204 e. The van der Waals surface area contributed by atoms with Gasteiger partial charge in [-0.25, -0.2) is 17.6 Å². The van der Waals surface area contributed by atoms with Gasteiger partial charge in [-0.15, -0.1) is 0 Å². The van der Waals surface area contributed by atoms with Gasteiger partial charge in [0.2, 0.25) is 0 Å². The second-order valence-corrected chi connectivity index (χ2v) is 10.5. The number of hydrogen-bond donors (Lipinski definition) is 0. The second-order valence-electron chi connectivity index (χ2n) is 6.70. The maximum atomic E-state index is 15.2. The van der Waals surface area contributed by atoms with Crippen LogP contribution in [0.3, 0.4) is 0 Å². The van der Waals surface area contributed by atoms with E-state index in [4.69, 9.17) is 0 Å². The first kappa shape index (κ1) is 19.1. The van der Waals surface area contributed by atoms with Crippen molar-refractivity contribution in [2.75, 3.05) is 0 Å². The third-order valence-electron chi connectivity index (χ3n) is 5.13. The summed E-state index contributed by atoms with van der Waals surface area (Å²) in [5.74, 6) is -6.35. The summed E-state index contributed by atoms with van der Waals surface area (Å²) in [4.78, 5) is 0. The molecule has 0 N–H and O–H groups in total. The van der Waals surface area contributed by atoms with Crippen molar-refractivity contribution >= 4 is 28.8 Å². The maximum absolute atomic E-state index is 15.2. The molecule has 5 heteroatoms. The fourth-order valence-electron chi connectivity index (χ4n) is 3.88. The lowest BCUT2D eigenvalue weighted by molar-refractivity contribution is 0.412. The zero-order valence-corrected chi connectivity index (χ0v) is 16.2. The van der Waals surface area contributed by atoms with E-state index in [0.717, 1.165) is 21.6 Å². The van der Waals surface area contributed by atoms with E-state index in [1.54, 1.807) is 36.4 Å². The molecule has 0 bridgehead atoms. The quantitative estimate of drug-likeness (QED) is 0.159. The molecular formula is C24H16F4Si. The summed E-state index contributed by atoms with van der Waals surface area (Å²) in [5.41, 5.74) is 0. The van der Waals surface area contributed by atoms with Crippen molar-refractivity contribution in [3.8, 4) is 0 Å². The minimum Gasteiger partial charge on any atom is -0.204 e. The summed E-state index contributed by atoms with van der Waals surface area (Å²) in [6, 6.07) is 28.0. The van der Waals surface area contributed by atoms with E-state index >= 15 is 4.39 Å². The molecule has 0 spiro atoms. The Morgan fingerprint density at radius 3 is 1.21 bits per heavy atom. The van der Waals surface area contributed by atoms with Crippen molar-refractivity contribution in [2.45, 2.75) is 0 Å². The van der Waals surface area contributed by atoms with Crippen LogP contribution < -0.4 is 20.7 Å². The Bertz CT molecular complexity index is 1030. The van der Waals surface area contributed by atoms with Gasteiger partial charge < -0.3 is 0 Å². The minimum atomic E-state index is -3.45. The van der Waals surface area contributed by atoms with Gasteiger partial charge in [-0.1, -0.05) is 91.0 Å². The van der Waals surface area contributed by atoms with Crippen LogP contribution in [0, 0.1) is 23.3 Å². The SMILES string of the molecule is Fc1cc([Si](c2ccccc2)(c2ccccc2)c2ccccc2)c(F)c(F)c1F. The molecule has 0 nitrogen and oxygen atoms in total. The summed E-state index contributed by atoms with van der Waals surface area (Å²) < 4.78 is 57.7. The van der Waals surface area contributed by atoms with E-state index in [1.165, 1.54) is 0 Å². The summed E-state index contributed by atoms with van der Waals surface area (Å²) in [7, 11) is -3.45. The molecule has 0 unspecified atom stereocenters. The zero-order valence-electron chi connectivity index (χ0n) is 15.2. The van der Waals surface area contributed by atoms with E-state index < -0.39 is 31.3 Å². The highest BCUT2D eigenvalue weighted by Gasteiger charge is 2.44. The van der Waals surface area contributed by atoms with Crippen LogP contribution in [0.5, 0.6) is 0 Å². The van der Waals surface area contributed by atoms with Crippen LogP contribution in [0.25, 0.3) is 0 Å². The standard InChI is InChI=1S/C24H16F4Si/c25-20-16-21(23(27)24(28)22(20)26)29(17-10-4-1-5-11-17,18-12-6-2-7-13-18)19-14-8-3-9-15-19/h1-16H. The Hall–Kier alpha value is -3.18. The highest BCUT2D eigenvalue weighted by molar-refractivity contribution is 7.19. The molecule has 4 rings (SSSR count). The van der Waals surface area contributed by atoms with E-state index in [0.29, 0.717) is 0 Å². The summed E-state index contributed by atoms with van der Waals surface area (Å²) in [6.07, 6.45) is 0. The molecule has 0 aliphatic carbocycles. The van der Waals surface area contributed by atoms with Crippen molar-refractivity contribution < 1.29 is 17.6 Å². The van der Waals surface area contributed by atoms with Crippen molar-refractivity contribution in [2.24, 2.45) is 0 Å². The third-order valence-corrected chi connectivity index (χ3v) is 9.90. The Kier molecular flexibility index (Phi) is 5.07. The molecule has 0 saturated heterocycles. The smallest absolute Gasteiger partial charge is 0.197 e. The fourth-order valence-corrected chi connectivity index (χ4v) is 8.67. The molecule has 0 atom stereocenters. The molecule has 0 saturated carbocycles. The Labute approximate surface area is 167 Å². The first-order valence-corrected chi connectivity index (χ1v) is 11.1. The van der Waals surface area contributed by atoms with Crippen LogP contribution in [0.1, 0.15) is 0 Å². The average Bonchev–Trinajstić information content (AvgIpc) is 2.78. The molecule has 0 heterocycles. The van der Waals surface area contributed by atoms with E-state index in [9.17, 15) is 13.2 Å². The van der Waals surface area contributed by atoms with Gasteiger partial charge in [0.1, 0.15) is 0 Å². The van der Waals surface area contributed by atoms with Crippen molar-refractivity contribution in [1.82, 2.24) is 0 Å². The van der Waals surface area contributed by atoms with Gasteiger partial charge in [-0.05, 0) is 26.8 Å². The summed E-state index contributed by atoms with van der Waals surface area (Å²) >= 11 is 0. The van der Waals surface area contributed by atoms with E-state index in [-0.39, 0.29) is 5.19 Å². The number of benzene rings is 4. The van der Waals surface area contributed by atoms with Crippen LogP contribution in [0.15, 0.2) is 97.1 Å². The van der Waals surface area contributed by atoms with Gasteiger partial charge in [0.25, 0.3) is 0 Å². The Morgan fingerprint density at radius 1 is 0.448 bits per heavy atom. The van der Waals surface area contributed by atoms with Crippen LogP contribution in [0.4, 0.5) is 17.6 Å². The van der Waals surface area contributed by atoms with Gasteiger partial charge in [-0.2, -0.15) is 0 Å². The monoisotopic (exact) mass is 408 g/mol. The van der Waals surface area contributed by atoms with Gasteiger partial charge in [0.15, 0.2) is 31.3 Å². The first-order valence-electron chi connectivity index (χ1n) is 9.07. The Morgan fingerprint density at radius 2 is 0.828 bits per heavy atom. The van der Waals surface area contributed by atoms with Crippen molar-refractivity contribution in [3.63, 3.8) is 0 Å². The minimum absolute atomic E-state index is 0.155. The number of rotatable bonds is 4. The molecule has 4 aromatic rings. The number of hydrogen-bond acceptors (Lipinski definition) is 0. The van der Waals surface area contributed by atoms with Crippen LogP contribution in [-0.4, -0.2) is 8.07 Å². The molecule has 144 valence electrons. The zero-order chi connectivity index (χ0) is 20.4. The fraction of sp³-hybridized carbons (Fsp3) is 0. The van der Waals surface area contributed by atoms with Crippen molar-refractivity contribution in [1.29, 1.82) is 0 Å². The lowest BCUT2D eigenvalue weighted by atomic mass is 10.3. The second kappa shape index (κ2) is 7.68. The molecule has 0 aliphatic rings. The van der Waals surface area contributed by atoms with Crippen molar-refractivity contribution in [3.05, 3.63) is 120 Å². The normalized spacial score (nSPS) is 11.4. The van der Waals surface area contributed by atoms with Crippen LogP contribution in [0.2, 0.25) is 0 Å². The predicted octanol–water partition coefficient (Wildman–Crippen LogP) is 3.62. The highest BCUT2D eigenvalue weighted by atomic mass is 28.3. The number of halogens is 4. The van der Waals surface area contributed by atoms with Crippen LogP contribution >= 0.6 is 0 Å². The lowest BCUT2D eigenvalue weighted by Crippen LogP contribution is -2.75. The molecule has 0 aromatic heterocycles. The molecule has 0 radical (unpaired) electrons. The topological polar surface area (TPSA) is 0 Å². The molecule has 29 heavy (non-hydrogen) atoms. The maximum Gasteiger partial charge on any atom is 0.197 e. The highest BCUT2D eigenvalue weighted by Crippen LogP contribution is 2.17. The lowest BCUT2D eigenvalue weighted by Gasteiger charge is -2.34. The van der Waals surface area contributed by atoms with Gasteiger partial charge in [0.05, 0.1) is 0 Å². The molecular weight excluding hydrogens is 392 g/mol. The predicted molar refractivity (Wildman–Crippen MR) is 110 cm³/mol. The van der Waals surface area contributed by atoms with E-state index in [1.807, 2.05) is 54.6 Å². The van der Waals surface area contributed by atoms with E-state index in [2.05, 4.69) is 0 Å². The summed E-state index contributed by atoms with van der Waals surface area (Å²) in [6.45, 7) is 0. The van der Waals surface area contributed by atoms with Gasteiger partial charge in [0, 0.05) is 0 Å². The van der Waals surface area contributed by atoms with Gasteiger partial charge >= 0.3 is 0 Å². The summed E-state index contributed by atoms with van der Waals surface area (Å²) in [5, 5.41) is 2.06. The molecule has 0 fully saturated rings. The third kappa shape index (κ3) is 3.08. The molecule has 0 amide bonds. The Balaban J connectivity index is 2.22. The first-order chi connectivity index (χ1) is 14.1. The van der Waals surface area contributed by atoms with Crippen LogP contribution in [-0.2, 0) is 0 Å².